The minimum Gasteiger partial charge on any atom is -0.480 e. The van der Waals surface area contributed by atoms with E-state index in [1.165, 1.54) is 6.92 Å². The number of hydrogen-bond acceptors (Lipinski definition) is 3. The molecule has 0 saturated carbocycles. The number of aliphatic carboxylic acids is 1. The number of amides is 1. The molecule has 1 amide bonds. The summed E-state index contributed by atoms with van der Waals surface area (Å²) in [6, 6.07) is -1.28. The fraction of sp³-hybridized carbons (Fsp3) is 0.818. The second kappa shape index (κ2) is 6.23. The van der Waals surface area contributed by atoms with Crippen LogP contribution in [0.4, 0.5) is 13.2 Å². The summed E-state index contributed by atoms with van der Waals surface area (Å²) in [5.74, 6) is -2.61. The normalized spacial score (nSPS) is 16.8. The fourth-order valence-electron chi connectivity index (χ4n) is 1.22. The van der Waals surface area contributed by atoms with Gasteiger partial charge in [-0.2, -0.15) is 13.2 Å². The summed E-state index contributed by atoms with van der Waals surface area (Å²) in [6.07, 6.45) is -5.01. The van der Waals surface area contributed by atoms with Crippen molar-refractivity contribution in [2.24, 2.45) is 5.92 Å². The molecular weight excluding hydrogens is 265 g/mol. The highest BCUT2D eigenvalue weighted by molar-refractivity contribution is 5.84. The van der Waals surface area contributed by atoms with Crippen LogP contribution in [0.3, 0.4) is 0 Å². The lowest BCUT2D eigenvalue weighted by atomic mass is 10.0. The Balaban J connectivity index is 4.79. The van der Waals surface area contributed by atoms with Gasteiger partial charge in [-0.15, -0.1) is 0 Å². The molecular formula is C11H19F3N2O3. The average molecular weight is 284 g/mol. The zero-order chi connectivity index (χ0) is 15.4. The number of carbonyl (C=O) groups excluding carboxylic acids is 1. The minimum absolute atomic E-state index is 0.143. The van der Waals surface area contributed by atoms with Crippen molar-refractivity contribution in [1.29, 1.82) is 0 Å². The van der Waals surface area contributed by atoms with E-state index in [4.69, 9.17) is 5.11 Å². The number of carboxylic acid groups (broad SMARTS) is 1. The third-order valence-electron chi connectivity index (χ3n) is 2.58. The molecule has 112 valence electrons. The van der Waals surface area contributed by atoms with Crippen LogP contribution in [0.15, 0.2) is 0 Å². The monoisotopic (exact) mass is 284 g/mol. The van der Waals surface area contributed by atoms with Crippen LogP contribution in [0.5, 0.6) is 0 Å². The third-order valence-corrected chi connectivity index (χ3v) is 2.58. The maximum atomic E-state index is 12.7. The summed E-state index contributed by atoms with van der Waals surface area (Å²) in [7, 11) is 0. The highest BCUT2D eigenvalue weighted by Gasteiger charge is 2.58. The summed E-state index contributed by atoms with van der Waals surface area (Å²) in [5, 5.41) is 13.0. The summed E-state index contributed by atoms with van der Waals surface area (Å²) in [4.78, 5) is 22.3. The smallest absolute Gasteiger partial charge is 0.417 e. The van der Waals surface area contributed by atoms with Gasteiger partial charge in [0.05, 0.1) is 6.04 Å². The average Bonchev–Trinajstić information content (AvgIpc) is 2.23. The Morgan fingerprint density at radius 2 is 1.68 bits per heavy atom. The molecule has 0 heterocycles. The Morgan fingerprint density at radius 3 is 2.00 bits per heavy atom. The molecule has 8 heteroatoms. The van der Waals surface area contributed by atoms with Crippen molar-refractivity contribution in [3.05, 3.63) is 0 Å². The second-order valence-electron chi connectivity index (χ2n) is 4.93. The molecule has 5 nitrogen and oxygen atoms in total. The zero-order valence-corrected chi connectivity index (χ0v) is 11.3. The zero-order valence-electron chi connectivity index (χ0n) is 11.3. The van der Waals surface area contributed by atoms with Crippen molar-refractivity contribution in [1.82, 2.24) is 10.6 Å². The molecule has 0 bridgehead atoms. The quantitative estimate of drug-likeness (QED) is 0.683. The molecule has 19 heavy (non-hydrogen) atoms. The van der Waals surface area contributed by atoms with E-state index in [0.29, 0.717) is 13.5 Å². The van der Waals surface area contributed by atoms with Crippen LogP contribution in [0.25, 0.3) is 0 Å². The number of nitrogens with one attached hydrogen (secondary N) is 2. The van der Waals surface area contributed by atoms with E-state index in [0.717, 1.165) is 0 Å². The molecule has 0 spiro atoms. The SMILES string of the molecule is CC(C)CNC(=O)C(C)NC(C)(C(=O)O)C(F)(F)F. The van der Waals surface area contributed by atoms with Crippen LogP contribution < -0.4 is 10.6 Å². The van der Waals surface area contributed by atoms with Crippen molar-refractivity contribution < 1.29 is 27.9 Å². The van der Waals surface area contributed by atoms with Gasteiger partial charge in [0.15, 0.2) is 0 Å². The van der Waals surface area contributed by atoms with Crippen LogP contribution in [0, 0.1) is 5.92 Å². The molecule has 0 aliphatic rings. The number of rotatable bonds is 6. The molecule has 3 N–H and O–H groups in total. The van der Waals surface area contributed by atoms with Gasteiger partial charge in [0.2, 0.25) is 11.4 Å². The molecule has 0 aromatic rings. The minimum atomic E-state index is -5.01. The van der Waals surface area contributed by atoms with Gasteiger partial charge in [0.25, 0.3) is 0 Å². The molecule has 0 saturated heterocycles. The number of carboxylic acids is 1. The van der Waals surface area contributed by atoms with Gasteiger partial charge in [-0.05, 0) is 19.8 Å². The maximum absolute atomic E-state index is 12.7. The summed E-state index contributed by atoms with van der Waals surface area (Å²) in [6.45, 7) is 5.63. The molecule has 0 aliphatic heterocycles. The van der Waals surface area contributed by atoms with Gasteiger partial charge in [-0.1, -0.05) is 13.8 Å². The molecule has 0 radical (unpaired) electrons. The van der Waals surface area contributed by atoms with Gasteiger partial charge < -0.3 is 10.4 Å². The number of hydrogen-bond donors (Lipinski definition) is 3. The molecule has 0 aromatic heterocycles. The highest BCUT2D eigenvalue weighted by Crippen LogP contribution is 2.30. The largest absolute Gasteiger partial charge is 0.480 e. The van der Waals surface area contributed by atoms with Crippen LogP contribution >= 0.6 is 0 Å². The molecule has 2 unspecified atom stereocenters. The van der Waals surface area contributed by atoms with Gasteiger partial charge in [0.1, 0.15) is 0 Å². The van der Waals surface area contributed by atoms with E-state index < -0.39 is 29.6 Å². The van der Waals surface area contributed by atoms with Crippen LogP contribution in [0.2, 0.25) is 0 Å². The molecule has 2 atom stereocenters. The Morgan fingerprint density at radius 1 is 1.21 bits per heavy atom. The maximum Gasteiger partial charge on any atom is 0.417 e. The summed E-state index contributed by atoms with van der Waals surface area (Å²) < 4.78 is 38.2. The van der Waals surface area contributed by atoms with Crippen molar-refractivity contribution in [2.45, 2.75) is 45.5 Å². The van der Waals surface area contributed by atoms with Crippen molar-refractivity contribution in [2.75, 3.05) is 6.54 Å². The number of alkyl halides is 3. The number of halogens is 3. The van der Waals surface area contributed by atoms with Gasteiger partial charge >= 0.3 is 12.1 Å². The lowest BCUT2D eigenvalue weighted by molar-refractivity contribution is -0.207. The van der Waals surface area contributed by atoms with E-state index in [2.05, 4.69) is 5.32 Å². The van der Waals surface area contributed by atoms with E-state index in [9.17, 15) is 22.8 Å². The first kappa shape index (κ1) is 17.7. The van der Waals surface area contributed by atoms with E-state index >= 15 is 0 Å². The standard InChI is InChI=1S/C11H19F3N2O3/c1-6(2)5-15-8(17)7(3)16-10(4,9(18)19)11(12,13)14/h6-7,16H,5H2,1-4H3,(H,15,17)(H,18,19). The Labute approximate surface area is 109 Å². The second-order valence-corrected chi connectivity index (χ2v) is 4.93. The van der Waals surface area contributed by atoms with E-state index in [-0.39, 0.29) is 5.92 Å². The van der Waals surface area contributed by atoms with Crippen molar-refractivity contribution in [3.8, 4) is 0 Å². The summed E-state index contributed by atoms with van der Waals surface area (Å²) in [5.41, 5.74) is -3.17. The van der Waals surface area contributed by atoms with Crippen molar-refractivity contribution >= 4 is 11.9 Å². The first-order valence-corrected chi connectivity index (χ1v) is 5.77. The van der Waals surface area contributed by atoms with Crippen LogP contribution in [-0.4, -0.2) is 41.3 Å². The van der Waals surface area contributed by atoms with E-state index in [1.54, 1.807) is 0 Å². The third kappa shape index (κ3) is 4.70. The Hall–Kier alpha value is -1.31. The first-order chi connectivity index (χ1) is 8.41. The molecule has 0 aliphatic carbocycles. The van der Waals surface area contributed by atoms with E-state index in [1.807, 2.05) is 19.2 Å². The van der Waals surface area contributed by atoms with Crippen LogP contribution in [-0.2, 0) is 9.59 Å². The Kier molecular flexibility index (Phi) is 5.80. The summed E-state index contributed by atoms with van der Waals surface area (Å²) >= 11 is 0. The first-order valence-electron chi connectivity index (χ1n) is 5.77. The topological polar surface area (TPSA) is 78.4 Å². The molecule has 0 rings (SSSR count). The van der Waals surface area contributed by atoms with Gasteiger partial charge in [-0.25, -0.2) is 4.79 Å². The number of carbonyl (C=O) groups is 2. The van der Waals surface area contributed by atoms with Crippen LogP contribution in [0.1, 0.15) is 27.7 Å². The van der Waals surface area contributed by atoms with Gasteiger partial charge in [0, 0.05) is 6.54 Å². The fourth-order valence-corrected chi connectivity index (χ4v) is 1.22. The predicted molar refractivity (Wildman–Crippen MR) is 62.5 cm³/mol. The molecule has 0 fully saturated rings. The lowest BCUT2D eigenvalue weighted by Gasteiger charge is -2.31. The van der Waals surface area contributed by atoms with Gasteiger partial charge in [-0.3, -0.25) is 10.1 Å². The van der Waals surface area contributed by atoms with Crippen molar-refractivity contribution in [3.63, 3.8) is 0 Å². The molecule has 0 aromatic carbocycles. The highest BCUT2D eigenvalue weighted by atomic mass is 19.4. The Bertz CT molecular complexity index is 345. The predicted octanol–water partition coefficient (Wildman–Crippen LogP) is 1.14. The lowest BCUT2D eigenvalue weighted by Crippen LogP contribution is -2.64.